The molecule has 0 spiro atoms. The molecule has 1 saturated heterocycles. The first-order chi connectivity index (χ1) is 12.9. The molecule has 2 heterocycles. The van der Waals surface area contributed by atoms with Crippen LogP contribution in [0.3, 0.4) is 0 Å². The highest BCUT2D eigenvalue weighted by molar-refractivity contribution is 7.17. The molecule has 0 aliphatic carbocycles. The van der Waals surface area contributed by atoms with E-state index in [1.807, 2.05) is 0 Å². The van der Waals surface area contributed by atoms with E-state index in [0.717, 1.165) is 11.3 Å². The molecule has 1 aromatic heterocycles. The Morgan fingerprint density at radius 3 is 2.81 bits per heavy atom. The summed E-state index contributed by atoms with van der Waals surface area (Å²) in [6.07, 6.45) is -1.13. The van der Waals surface area contributed by atoms with Gasteiger partial charge in [0.25, 0.3) is 5.91 Å². The fourth-order valence-electron chi connectivity index (χ4n) is 2.63. The number of benzene rings is 1. The lowest BCUT2D eigenvalue weighted by atomic mass is 10.1. The second kappa shape index (κ2) is 7.72. The topological polar surface area (TPSA) is 108 Å². The number of rotatable bonds is 5. The molecule has 1 aliphatic heterocycles. The van der Waals surface area contributed by atoms with E-state index >= 15 is 0 Å². The van der Waals surface area contributed by atoms with Crippen molar-refractivity contribution in [3.05, 3.63) is 41.0 Å². The molecule has 0 saturated carbocycles. The van der Waals surface area contributed by atoms with Gasteiger partial charge in [-0.05, 0) is 30.3 Å². The molecule has 1 atom stereocenters. The van der Waals surface area contributed by atoms with Crippen LogP contribution in [0.25, 0.3) is 10.4 Å². The molecule has 3 amide bonds. The molecule has 1 aromatic carbocycles. The Kier molecular flexibility index (Phi) is 5.38. The molecule has 0 bridgehead atoms. The van der Waals surface area contributed by atoms with Crippen LogP contribution in [-0.4, -0.2) is 42.3 Å². The van der Waals surface area contributed by atoms with Gasteiger partial charge in [-0.25, -0.2) is 14.7 Å². The number of halogens is 1. The SMILES string of the molecule is CC(=O)NC[C@H]1CN(c2ccc(-c3ccc(C(=O)NO)s3)c(F)c2)C(=O)O1. The van der Waals surface area contributed by atoms with E-state index in [0.29, 0.717) is 10.6 Å². The van der Waals surface area contributed by atoms with Crippen molar-refractivity contribution in [2.24, 2.45) is 0 Å². The maximum Gasteiger partial charge on any atom is 0.414 e. The van der Waals surface area contributed by atoms with Crippen LogP contribution in [0.1, 0.15) is 16.6 Å². The van der Waals surface area contributed by atoms with E-state index in [2.05, 4.69) is 5.32 Å². The molecule has 10 heteroatoms. The van der Waals surface area contributed by atoms with Gasteiger partial charge in [0.1, 0.15) is 11.9 Å². The maximum absolute atomic E-state index is 14.6. The van der Waals surface area contributed by atoms with Crippen LogP contribution in [0.4, 0.5) is 14.9 Å². The second-order valence-electron chi connectivity index (χ2n) is 5.82. The number of hydrogen-bond acceptors (Lipinski definition) is 6. The highest BCUT2D eigenvalue weighted by atomic mass is 32.1. The molecule has 8 nitrogen and oxygen atoms in total. The first kappa shape index (κ1) is 18.8. The van der Waals surface area contributed by atoms with Gasteiger partial charge in [0, 0.05) is 17.4 Å². The number of anilines is 1. The summed E-state index contributed by atoms with van der Waals surface area (Å²) in [5.41, 5.74) is 2.12. The first-order valence-corrected chi connectivity index (χ1v) is 8.77. The molecular weight excluding hydrogens is 377 g/mol. The van der Waals surface area contributed by atoms with Crippen LogP contribution in [0.15, 0.2) is 30.3 Å². The molecular formula is C17H16FN3O5S. The van der Waals surface area contributed by atoms with Gasteiger partial charge < -0.3 is 10.1 Å². The predicted octanol–water partition coefficient (Wildman–Crippen LogP) is 2.13. The lowest BCUT2D eigenvalue weighted by molar-refractivity contribution is -0.119. The molecule has 27 heavy (non-hydrogen) atoms. The van der Waals surface area contributed by atoms with Gasteiger partial charge in [-0.1, -0.05) is 0 Å². The fraction of sp³-hybridized carbons (Fsp3) is 0.235. The summed E-state index contributed by atoms with van der Waals surface area (Å²) >= 11 is 1.02. The molecule has 0 unspecified atom stereocenters. The number of nitrogens with one attached hydrogen (secondary N) is 2. The Morgan fingerprint density at radius 1 is 1.37 bits per heavy atom. The number of carbonyl (C=O) groups excluding carboxylic acids is 3. The van der Waals surface area contributed by atoms with Crippen molar-refractivity contribution in [3.8, 4) is 10.4 Å². The molecule has 2 aromatic rings. The quantitative estimate of drug-likeness (QED) is 0.533. The van der Waals surface area contributed by atoms with E-state index < -0.39 is 23.9 Å². The third kappa shape index (κ3) is 4.07. The highest BCUT2D eigenvalue weighted by Crippen LogP contribution is 2.33. The highest BCUT2D eigenvalue weighted by Gasteiger charge is 2.32. The van der Waals surface area contributed by atoms with Crippen molar-refractivity contribution < 1.29 is 28.7 Å². The molecule has 3 rings (SSSR count). The minimum absolute atomic E-state index is 0.184. The van der Waals surface area contributed by atoms with E-state index in [-0.39, 0.29) is 29.4 Å². The summed E-state index contributed by atoms with van der Waals surface area (Å²) in [6.45, 7) is 1.74. The summed E-state index contributed by atoms with van der Waals surface area (Å²) in [5, 5.41) is 11.2. The summed E-state index contributed by atoms with van der Waals surface area (Å²) in [5.74, 6) is -1.47. The second-order valence-corrected chi connectivity index (χ2v) is 6.91. The van der Waals surface area contributed by atoms with Crippen molar-refractivity contribution in [2.45, 2.75) is 13.0 Å². The summed E-state index contributed by atoms with van der Waals surface area (Å²) in [6, 6.07) is 7.34. The standard InChI is InChI=1S/C17H16FN3O5S/c1-9(22)19-7-11-8-21(17(24)26-11)10-2-3-12(13(18)6-10)14-4-5-15(27-14)16(23)20-25/h2-6,11,25H,7-8H2,1H3,(H,19,22)(H,20,23)/t11-/m0/s1. The molecule has 0 radical (unpaired) electrons. The maximum atomic E-state index is 14.6. The number of thiophene rings is 1. The van der Waals surface area contributed by atoms with Gasteiger partial charge in [-0.3, -0.25) is 19.7 Å². The van der Waals surface area contributed by atoms with Gasteiger partial charge >= 0.3 is 6.09 Å². The lowest BCUT2D eigenvalue weighted by Gasteiger charge is -2.14. The van der Waals surface area contributed by atoms with Crippen molar-refractivity contribution >= 4 is 34.9 Å². The summed E-state index contributed by atoms with van der Waals surface area (Å²) in [4.78, 5) is 36.4. The van der Waals surface area contributed by atoms with Gasteiger partial charge in [-0.15, -0.1) is 11.3 Å². The van der Waals surface area contributed by atoms with Gasteiger partial charge in [0.2, 0.25) is 5.91 Å². The van der Waals surface area contributed by atoms with Crippen LogP contribution in [0.2, 0.25) is 0 Å². The predicted molar refractivity (Wildman–Crippen MR) is 95.3 cm³/mol. The van der Waals surface area contributed by atoms with Crippen molar-refractivity contribution in [1.82, 2.24) is 10.8 Å². The van der Waals surface area contributed by atoms with Crippen LogP contribution in [0, 0.1) is 5.82 Å². The lowest BCUT2D eigenvalue weighted by Crippen LogP contribution is -2.33. The number of amides is 3. The van der Waals surface area contributed by atoms with Gasteiger partial charge in [0.05, 0.1) is 23.7 Å². The van der Waals surface area contributed by atoms with Crippen molar-refractivity contribution in [2.75, 3.05) is 18.0 Å². The zero-order chi connectivity index (χ0) is 19.6. The number of cyclic esters (lactones) is 1. The largest absolute Gasteiger partial charge is 0.442 e. The number of nitrogens with zero attached hydrogens (tertiary/aromatic N) is 1. The Balaban J connectivity index is 1.77. The first-order valence-electron chi connectivity index (χ1n) is 7.96. The van der Waals surface area contributed by atoms with E-state index in [1.54, 1.807) is 12.1 Å². The van der Waals surface area contributed by atoms with E-state index in [4.69, 9.17) is 9.94 Å². The van der Waals surface area contributed by atoms with E-state index in [9.17, 15) is 18.8 Å². The third-order valence-corrected chi connectivity index (χ3v) is 5.03. The van der Waals surface area contributed by atoms with Crippen LogP contribution < -0.4 is 15.7 Å². The van der Waals surface area contributed by atoms with Crippen molar-refractivity contribution in [3.63, 3.8) is 0 Å². The smallest absolute Gasteiger partial charge is 0.414 e. The Bertz CT molecular complexity index is 900. The number of ether oxygens (including phenoxy) is 1. The Morgan fingerprint density at radius 2 is 2.15 bits per heavy atom. The average molecular weight is 393 g/mol. The fourth-order valence-corrected chi connectivity index (χ4v) is 3.55. The Hall–Kier alpha value is -2.98. The minimum atomic E-state index is -0.673. The zero-order valence-corrected chi connectivity index (χ0v) is 15.0. The Labute approximate surface area is 157 Å². The van der Waals surface area contributed by atoms with Crippen LogP contribution >= 0.6 is 11.3 Å². The number of hydrogen-bond donors (Lipinski definition) is 3. The molecule has 1 fully saturated rings. The normalized spacial score (nSPS) is 16.2. The molecule has 142 valence electrons. The minimum Gasteiger partial charge on any atom is -0.442 e. The van der Waals surface area contributed by atoms with Crippen LogP contribution in [0.5, 0.6) is 0 Å². The van der Waals surface area contributed by atoms with E-state index in [1.165, 1.54) is 35.5 Å². The zero-order valence-electron chi connectivity index (χ0n) is 14.2. The molecule has 1 aliphatic rings. The van der Waals surface area contributed by atoms with Crippen LogP contribution in [-0.2, 0) is 9.53 Å². The summed E-state index contributed by atoms with van der Waals surface area (Å²) < 4.78 is 19.7. The number of hydroxylamine groups is 1. The average Bonchev–Trinajstić information content (AvgIpc) is 3.26. The number of carbonyl (C=O) groups is 3. The van der Waals surface area contributed by atoms with Gasteiger partial charge in [0.15, 0.2) is 0 Å². The molecule has 3 N–H and O–H groups in total. The van der Waals surface area contributed by atoms with Gasteiger partial charge in [-0.2, -0.15) is 0 Å². The van der Waals surface area contributed by atoms with Crippen molar-refractivity contribution in [1.29, 1.82) is 0 Å². The monoisotopic (exact) mass is 393 g/mol. The summed E-state index contributed by atoms with van der Waals surface area (Å²) in [7, 11) is 0. The third-order valence-electron chi connectivity index (χ3n) is 3.91.